The maximum Gasteiger partial charge on any atom is 0.330 e. The molecular weight excluding hydrogens is 204 g/mol. The van der Waals surface area contributed by atoms with Crippen molar-refractivity contribution in [3.8, 4) is 0 Å². The standard InChI is InChI=1S/C12H16N2O2/c1-2-16-11(15)12(13)6-3-4-9-5-7-14-8-10(9)12/h5,7-8H,2-4,6,13H2,1H3. The van der Waals surface area contributed by atoms with Crippen LogP contribution in [0.4, 0.5) is 0 Å². The Bertz CT molecular complexity index is 406. The van der Waals surface area contributed by atoms with Crippen LogP contribution in [0.15, 0.2) is 18.5 Å². The predicted octanol–water partition coefficient (Wildman–Crippen LogP) is 1.14. The Labute approximate surface area is 94.8 Å². The van der Waals surface area contributed by atoms with Crippen molar-refractivity contribution in [3.63, 3.8) is 0 Å². The van der Waals surface area contributed by atoms with Crippen molar-refractivity contribution in [2.24, 2.45) is 5.73 Å². The van der Waals surface area contributed by atoms with E-state index in [-0.39, 0.29) is 5.97 Å². The van der Waals surface area contributed by atoms with Crippen LogP contribution in [-0.4, -0.2) is 17.6 Å². The molecule has 0 spiro atoms. The molecule has 0 aliphatic heterocycles. The first-order valence-corrected chi connectivity index (χ1v) is 5.58. The van der Waals surface area contributed by atoms with Crippen LogP contribution < -0.4 is 5.73 Å². The fourth-order valence-electron chi connectivity index (χ4n) is 2.21. The van der Waals surface area contributed by atoms with E-state index in [9.17, 15) is 4.79 Å². The quantitative estimate of drug-likeness (QED) is 0.759. The van der Waals surface area contributed by atoms with Crippen molar-refractivity contribution in [2.45, 2.75) is 31.7 Å². The maximum absolute atomic E-state index is 11.9. The van der Waals surface area contributed by atoms with E-state index < -0.39 is 5.54 Å². The van der Waals surface area contributed by atoms with Gasteiger partial charge in [0.15, 0.2) is 0 Å². The van der Waals surface area contributed by atoms with Gasteiger partial charge in [-0.05, 0) is 37.8 Å². The van der Waals surface area contributed by atoms with Crippen molar-refractivity contribution in [3.05, 3.63) is 29.6 Å². The molecule has 1 heterocycles. The van der Waals surface area contributed by atoms with Gasteiger partial charge in [-0.15, -0.1) is 0 Å². The smallest absolute Gasteiger partial charge is 0.330 e. The first-order valence-electron chi connectivity index (χ1n) is 5.58. The molecule has 0 amide bonds. The second-order valence-corrected chi connectivity index (χ2v) is 4.08. The largest absolute Gasteiger partial charge is 0.464 e. The number of aryl methyl sites for hydroxylation is 1. The van der Waals surface area contributed by atoms with E-state index in [4.69, 9.17) is 10.5 Å². The molecule has 1 atom stereocenters. The summed E-state index contributed by atoms with van der Waals surface area (Å²) < 4.78 is 5.05. The predicted molar refractivity (Wildman–Crippen MR) is 59.7 cm³/mol. The van der Waals surface area contributed by atoms with E-state index in [2.05, 4.69) is 4.98 Å². The molecule has 4 heteroatoms. The minimum absolute atomic E-state index is 0.344. The van der Waals surface area contributed by atoms with Crippen LogP contribution in [-0.2, 0) is 21.5 Å². The molecule has 0 saturated heterocycles. The zero-order chi connectivity index (χ0) is 11.6. The first-order chi connectivity index (χ1) is 7.68. The summed E-state index contributed by atoms with van der Waals surface area (Å²) in [5.74, 6) is -0.344. The Morgan fingerprint density at radius 3 is 3.25 bits per heavy atom. The lowest BCUT2D eigenvalue weighted by atomic mass is 9.78. The summed E-state index contributed by atoms with van der Waals surface area (Å²) in [6, 6.07) is 1.93. The van der Waals surface area contributed by atoms with Crippen molar-refractivity contribution < 1.29 is 9.53 Å². The number of nitrogens with two attached hydrogens (primary N) is 1. The number of carbonyl (C=O) groups is 1. The monoisotopic (exact) mass is 220 g/mol. The van der Waals surface area contributed by atoms with Gasteiger partial charge in [0.25, 0.3) is 0 Å². The Morgan fingerprint density at radius 2 is 2.50 bits per heavy atom. The van der Waals surface area contributed by atoms with Gasteiger partial charge < -0.3 is 10.5 Å². The van der Waals surface area contributed by atoms with Crippen molar-refractivity contribution in [2.75, 3.05) is 6.61 Å². The van der Waals surface area contributed by atoms with Crippen LogP contribution in [0.25, 0.3) is 0 Å². The topological polar surface area (TPSA) is 65.2 Å². The third-order valence-corrected chi connectivity index (χ3v) is 3.05. The lowest BCUT2D eigenvalue weighted by Crippen LogP contribution is -2.48. The average molecular weight is 220 g/mol. The molecule has 2 N–H and O–H groups in total. The molecular formula is C12H16N2O2. The van der Waals surface area contributed by atoms with Crippen LogP contribution in [0.2, 0.25) is 0 Å². The second kappa shape index (κ2) is 4.22. The van der Waals surface area contributed by atoms with Gasteiger partial charge in [-0.2, -0.15) is 0 Å². The summed E-state index contributed by atoms with van der Waals surface area (Å²) in [6.07, 6.45) is 5.91. The molecule has 1 aliphatic carbocycles. The van der Waals surface area contributed by atoms with Crippen LogP contribution in [0, 0.1) is 0 Å². The first kappa shape index (κ1) is 11.1. The van der Waals surface area contributed by atoms with Crippen molar-refractivity contribution in [1.29, 1.82) is 0 Å². The Morgan fingerprint density at radius 1 is 1.69 bits per heavy atom. The zero-order valence-electron chi connectivity index (χ0n) is 9.40. The number of esters is 1. The number of hydrogen-bond acceptors (Lipinski definition) is 4. The average Bonchev–Trinajstić information content (AvgIpc) is 2.30. The number of rotatable bonds is 2. The molecule has 0 fully saturated rings. The number of ether oxygens (including phenoxy) is 1. The lowest BCUT2D eigenvalue weighted by molar-refractivity contribution is -0.150. The lowest BCUT2D eigenvalue weighted by Gasteiger charge is -2.32. The van der Waals surface area contributed by atoms with Crippen molar-refractivity contribution >= 4 is 5.97 Å². The van der Waals surface area contributed by atoms with Crippen LogP contribution in [0.5, 0.6) is 0 Å². The van der Waals surface area contributed by atoms with Gasteiger partial charge in [-0.1, -0.05) is 0 Å². The Hall–Kier alpha value is -1.42. The van der Waals surface area contributed by atoms with Gasteiger partial charge in [-0.3, -0.25) is 4.98 Å². The number of pyridine rings is 1. The molecule has 0 aromatic carbocycles. The second-order valence-electron chi connectivity index (χ2n) is 4.08. The molecule has 1 aromatic rings. The van der Waals surface area contributed by atoms with E-state index in [0.29, 0.717) is 13.0 Å². The number of hydrogen-bond donors (Lipinski definition) is 1. The van der Waals surface area contributed by atoms with E-state index in [1.807, 2.05) is 6.07 Å². The number of aromatic nitrogens is 1. The van der Waals surface area contributed by atoms with Crippen molar-refractivity contribution in [1.82, 2.24) is 4.98 Å². The van der Waals surface area contributed by atoms with Crippen LogP contribution in [0.1, 0.15) is 30.9 Å². The maximum atomic E-state index is 11.9. The minimum atomic E-state index is -1.00. The van der Waals surface area contributed by atoms with Gasteiger partial charge in [-0.25, -0.2) is 4.79 Å². The summed E-state index contributed by atoms with van der Waals surface area (Å²) in [5.41, 5.74) is 7.11. The SMILES string of the molecule is CCOC(=O)C1(N)CCCc2ccncc21. The summed E-state index contributed by atoms with van der Waals surface area (Å²) >= 11 is 0. The van der Waals surface area contributed by atoms with E-state index in [1.165, 1.54) is 0 Å². The Kier molecular flexibility index (Phi) is 2.92. The molecule has 2 rings (SSSR count). The molecule has 0 radical (unpaired) electrons. The minimum Gasteiger partial charge on any atom is -0.464 e. The molecule has 1 aromatic heterocycles. The number of fused-ring (bicyclic) bond motifs is 1. The highest BCUT2D eigenvalue weighted by atomic mass is 16.5. The highest BCUT2D eigenvalue weighted by Gasteiger charge is 2.41. The highest BCUT2D eigenvalue weighted by molar-refractivity contribution is 5.83. The zero-order valence-corrected chi connectivity index (χ0v) is 9.40. The van der Waals surface area contributed by atoms with Gasteiger partial charge >= 0.3 is 5.97 Å². The Balaban J connectivity index is 2.40. The summed E-state index contributed by atoms with van der Waals surface area (Å²) in [6.45, 7) is 2.14. The van der Waals surface area contributed by atoms with Gasteiger partial charge in [0, 0.05) is 18.0 Å². The number of nitrogens with zero attached hydrogens (tertiary/aromatic N) is 1. The van der Waals surface area contributed by atoms with Crippen LogP contribution in [0.3, 0.4) is 0 Å². The molecule has 16 heavy (non-hydrogen) atoms. The molecule has 0 bridgehead atoms. The fourth-order valence-corrected chi connectivity index (χ4v) is 2.21. The third kappa shape index (κ3) is 1.69. The fraction of sp³-hybridized carbons (Fsp3) is 0.500. The van der Waals surface area contributed by atoms with Crippen LogP contribution >= 0.6 is 0 Å². The van der Waals surface area contributed by atoms with E-state index in [0.717, 1.165) is 24.0 Å². The summed E-state index contributed by atoms with van der Waals surface area (Å²) in [7, 11) is 0. The third-order valence-electron chi connectivity index (χ3n) is 3.05. The van der Waals surface area contributed by atoms with E-state index in [1.54, 1.807) is 19.3 Å². The van der Waals surface area contributed by atoms with Gasteiger partial charge in [0.2, 0.25) is 0 Å². The normalized spacial score (nSPS) is 23.6. The summed E-state index contributed by atoms with van der Waals surface area (Å²) in [4.78, 5) is 16.0. The molecule has 1 aliphatic rings. The van der Waals surface area contributed by atoms with Gasteiger partial charge in [0.1, 0.15) is 5.54 Å². The molecule has 86 valence electrons. The molecule has 0 saturated carbocycles. The molecule has 1 unspecified atom stereocenters. The molecule has 4 nitrogen and oxygen atoms in total. The highest BCUT2D eigenvalue weighted by Crippen LogP contribution is 2.33. The summed E-state index contributed by atoms with van der Waals surface area (Å²) in [5, 5.41) is 0. The van der Waals surface area contributed by atoms with E-state index >= 15 is 0 Å². The number of carbonyl (C=O) groups excluding carboxylic acids is 1. The van der Waals surface area contributed by atoms with Gasteiger partial charge in [0.05, 0.1) is 6.61 Å².